The molecule has 0 aliphatic rings. The second-order valence-corrected chi connectivity index (χ2v) is 6.12. The number of halogens is 2. The minimum Gasteiger partial charge on any atom is -0.497 e. The number of nitrogen functional groups attached to an aromatic ring is 1. The number of nitrogens with two attached hydrogens (primary N) is 1. The number of ether oxygens (including phenoxy) is 1. The van der Waals surface area contributed by atoms with Crippen LogP contribution in [0.25, 0.3) is 0 Å². The van der Waals surface area contributed by atoms with Crippen LogP contribution in [0.15, 0.2) is 36.4 Å². The third-order valence-electron chi connectivity index (χ3n) is 3.31. The molecular weight excluding hydrogens is 318 g/mol. The average Bonchev–Trinajstić information content (AvgIpc) is 2.57. The Kier molecular flexibility index (Phi) is 6.10. The van der Waals surface area contributed by atoms with Gasteiger partial charge in [-0.1, -0.05) is 19.1 Å². The van der Waals surface area contributed by atoms with Gasteiger partial charge in [-0.25, -0.2) is 8.78 Å². The molecule has 0 aliphatic heterocycles. The van der Waals surface area contributed by atoms with Gasteiger partial charge in [-0.15, -0.1) is 0 Å². The van der Waals surface area contributed by atoms with Crippen LogP contribution in [0.3, 0.4) is 0 Å². The summed E-state index contributed by atoms with van der Waals surface area (Å²) >= 11 is 1.49. The molecule has 3 nitrogen and oxygen atoms in total. The highest BCUT2D eigenvalue weighted by Gasteiger charge is 2.17. The van der Waals surface area contributed by atoms with Crippen molar-refractivity contribution in [2.24, 2.45) is 0 Å². The number of hydrogen-bond acceptors (Lipinski definition) is 4. The summed E-state index contributed by atoms with van der Waals surface area (Å²) in [6.45, 7) is 2.53. The van der Waals surface area contributed by atoms with E-state index in [1.807, 2.05) is 31.2 Å². The summed E-state index contributed by atoms with van der Waals surface area (Å²) in [7, 11) is 1.61. The number of methoxy groups -OCH3 is 1. The van der Waals surface area contributed by atoms with Gasteiger partial charge in [-0.05, 0) is 48.2 Å². The number of rotatable bonds is 7. The van der Waals surface area contributed by atoms with Crippen LogP contribution in [0.4, 0.5) is 20.2 Å². The lowest BCUT2D eigenvalue weighted by Crippen LogP contribution is -2.17. The van der Waals surface area contributed by atoms with E-state index >= 15 is 0 Å². The van der Waals surface area contributed by atoms with Crippen molar-refractivity contribution in [1.82, 2.24) is 0 Å². The molecule has 2 N–H and O–H groups in total. The van der Waals surface area contributed by atoms with Gasteiger partial charge in [0.05, 0.1) is 19.3 Å². The topological polar surface area (TPSA) is 38.5 Å². The lowest BCUT2D eigenvalue weighted by atomic mass is 10.2. The Hall–Kier alpha value is -1.95. The predicted octanol–water partition coefficient (Wildman–Crippen LogP) is 4.62. The molecule has 0 spiro atoms. The lowest BCUT2D eigenvalue weighted by molar-refractivity contribution is 0.414. The highest BCUT2D eigenvalue weighted by Crippen LogP contribution is 2.32. The Bertz CT molecular complexity index is 650. The monoisotopic (exact) mass is 338 g/mol. The van der Waals surface area contributed by atoms with E-state index in [9.17, 15) is 8.78 Å². The second-order valence-electron chi connectivity index (χ2n) is 5.01. The van der Waals surface area contributed by atoms with Gasteiger partial charge in [-0.2, -0.15) is 0 Å². The minimum absolute atomic E-state index is 0.290. The molecule has 0 aromatic heterocycles. The van der Waals surface area contributed by atoms with Crippen LogP contribution in [0.2, 0.25) is 0 Å². The zero-order valence-corrected chi connectivity index (χ0v) is 14.0. The molecule has 0 heterocycles. The number of hydrogen-bond donors (Lipinski definition) is 1. The van der Waals surface area contributed by atoms with Gasteiger partial charge >= 0.3 is 0 Å². The highest BCUT2D eigenvalue weighted by molar-refractivity contribution is 8.00. The first-order chi connectivity index (χ1) is 11.1. The lowest BCUT2D eigenvalue weighted by Gasteiger charge is -2.24. The molecule has 0 amide bonds. The standard InChI is InChI=1S/C17H20F2N2OS/c1-3-10-23-21(11-12-4-6-13(22-2)7-5-12)15-9-8-14(18)17(20)16(15)19/h4-9H,3,10-11,20H2,1-2H3. The van der Waals surface area contributed by atoms with E-state index in [4.69, 9.17) is 10.5 Å². The summed E-state index contributed by atoms with van der Waals surface area (Å²) in [5.41, 5.74) is 6.32. The van der Waals surface area contributed by atoms with Crippen LogP contribution < -0.4 is 14.8 Å². The minimum atomic E-state index is -0.740. The Morgan fingerprint density at radius 3 is 2.43 bits per heavy atom. The van der Waals surface area contributed by atoms with Crippen LogP contribution in [0.5, 0.6) is 5.75 Å². The molecule has 0 radical (unpaired) electrons. The van der Waals surface area contributed by atoms with Crippen molar-refractivity contribution < 1.29 is 13.5 Å². The molecule has 0 bridgehead atoms. The van der Waals surface area contributed by atoms with E-state index in [0.29, 0.717) is 6.54 Å². The van der Waals surface area contributed by atoms with Gasteiger partial charge < -0.3 is 14.8 Å². The van der Waals surface area contributed by atoms with Crippen molar-refractivity contribution in [2.75, 3.05) is 22.9 Å². The van der Waals surface area contributed by atoms with Crippen LogP contribution in [0.1, 0.15) is 18.9 Å². The van der Waals surface area contributed by atoms with Crippen LogP contribution in [-0.2, 0) is 6.54 Å². The summed E-state index contributed by atoms with van der Waals surface area (Å²) in [6, 6.07) is 10.2. The molecule has 0 atom stereocenters. The summed E-state index contributed by atoms with van der Waals surface area (Å²) in [4.78, 5) is 0. The first-order valence-electron chi connectivity index (χ1n) is 7.33. The summed E-state index contributed by atoms with van der Waals surface area (Å²) in [6.07, 6.45) is 0.947. The van der Waals surface area contributed by atoms with Gasteiger partial charge in [-0.3, -0.25) is 0 Å². The van der Waals surface area contributed by atoms with Crippen molar-refractivity contribution in [3.63, 3.8) is 0 Å². The van der Waals surface area contributed by atoms with Gasteiger partial charge in [0.25, 0.3) is 0 Å². The molecule has 0 fully saturated rings. The Morgan fingerprint density at radius 1 is 1.13 bits per heavy atom. The molecule has 124 valence electrons. The van der Waals surface area contributed by atoms with Crippen molar-refractivity contribution in [3.05, 3.63) is 53.6 Å². The predicted molar refractivity (Wildman–Crippen MR) is 92.7 cm³/mol. The fourth-order valence-corrected chi connectivity index (χ4v) is 2.97. The Balaban J connectivity index is 2.27. The Morgan fingerprint density at radius 2 is 1.83 bits per heavy atom. The third kappa shape index (κ3) is 4.28. The van der Waals surface area contributed by atoms with Crippen LogP contribution >= 0.6 is 11.9 Å². The van der Waals surface area contributed by atoms with Gasteiger partial charge in [0, 0.05) is 5.75 Å². The molecule has 0 saturated carbocycles. The normalized spacial score (nSPS) is 10.6. The largest absolute Gasteiger partial charge is 0.497 e. The molecule has 0 saturated heterocycles. The maximum absolute atomic E-state index is 14.3. The van der Waals surface area contributed by atoms with Crippen LogP contribution in [0, 0.1) is 11.6 Å². The summed E-state index contributed by atoms with van der Waals surface area (Å²) in [5, 5.41) is 0. The quantitative estimate of drug-likeness (QED) is 0.590. The molecule has 0 unspecified atom stereocenters. The number of anilines is 2. The average molecular weight is 338 g/mol. The molecule has 23 heavy (non-hydrogen) atoms. The molecule has 2 aromatic rings. The molecular formula is C17H20F2N2OS. The van der Waals surface area contributed by atoms with E-state index < -0.39 is 17.3 Å². The maximum atomic E-state index is 14.3. The fraction of sp³-hybridized carbons (Fsp3) is 0.294. The smallest absolute Gasteiger partial charge is 0.173 e. The van der Waals surface area contributed by atoms with Crippen molar-refractivity contribution in [3.8, 4) is 5.75 Å². The maximum Gasteiger partial charge on any atom is 0.173 e. The molecule has 6 heteroatoms. The van der Waals surface area contributed by atoms with Crippen LogP contribution in [-0.4, -0.2) is 12.9 Å². The van der Waals surface area contributed by atoms with E-state index in [1.165, 1.54) is 24.1 Å². The second kappa shape index (κ2) is 8.06. The van der Waals surface area contributed by atoms with E-state index in [0.717, 1.165) is 23.5 Å². The van der Waals surface area contributed by atoms with E-state index in [-0.39, 0.29) is 5.69 Å². The highest BCUT2D eigenvalue weighted by atomic mass is 32.2. The van der Waals surface area contributed by atoms with E-state index in [2.05, 4.69) is 0 Å². The van der Waals surface area contributed by atoms with Gasteiger partial charge in [0.1, 0.15) is 17.3 Å². The third-order valence-corrected chi connectivity index (χ3v) is 4.54. The molecule has 0 aliphatic carbocycles. The van der Waals surface area contributed by atoms with Gasteiger partial charge in [0.15, 0.2) is 5.82 Å². The summed E-state index contributed by atoms with van der Waals surface area (Å²) in [5.74, 6) is 0.129. The molecule has 2 aromatic carbocycles. The van der Waals surface area contributed by atoms with Crippen molar-refractivity contribution >= 4 is 23.3 Å². The first kappa shape index (κ1) is 17.4. The van der Waals surface area contributed by atoms with Gasteiger partial charge in [0.2, 0.25) is 0 Å². The van der Waals surface area contributed by atoms with E-state index in [1.54, 1.807) is 11.4 Å². The molecule has 2 rings (SSSR count). The Labute approximate surface area is 139 Å². The summed E-state index contributed by atoms with van der Waals surface area (Å²) < 4.78 is 34.6. The SMILES string of the molecule is CCCSN(Cc1ccc(OC)cc1)c1ccc(F)c(N)c1F. The van der Waals surface area contributed by atoms with Crippen molar-refractivity contribution in [2.45, 2.75) is 19.9 Å². The van der Waals surface area contributed by atoms with Crippen molar-refractivity contribution in [1.29, 1.82) is 0 Å². The number of nitrogens with zero attached hydrogens (tertiary/aromatic N) is 1. The first-order valence-corrected chi connectivity index (χ1v) is 8.28. The zero-order valence-electron chi connectivity index (χ0n) is 13.2. The zero-order chi connectivity index (χ0) is 16.8. The fourth-order valence-electron chi connectivity index (χ4n) is 2.05. The number of benzene rings is 2.